The predicted molar refractivity (Wildman–Crippen MR) is 101 cm³/mol. The lowest BCUT2D eigenvalue weighted by atomic mass is 10.1. The summed E-state index contributed by atoms with van der Waals surface area (Å²) in [4.78, 5) is 26.5. The van der Waals surface area contributed by atoms with Crippen LogP contribution in [0, 0.1) is 5.92 Å². The number of carbonyl (C=O) groups excluding carboxylic acids is 2. The van der Waals surface area contributed by atoms with E-state index in [2.05, 4.69) is 5.32 Å². The molecule has 0 spiro atoms. The van der Waals surface area contributed by atoms with Crippen molar-refractivity contribution in [3.05, 3.63) is 59.1 Å². The number of likely N-dealkylation sites (tertiary alicyclic amines) is 1. The molecule has 1 heterocycles. The van der Waals surface area contributed by atoms with Crippen LogP contribution >= 0.6 is 11.6 Å². The van der Waals surface area contributed by atoms with Crippen LogP contribution in [0.4, 0.5) is 5.69 Å². The van der Waals surface area contributed by atoms with Crippen LogP contribution in [0.1, 0.15) is 12.0 Å². The highest BCUT2D eigenvalue weighted by molar-refractivity contribution is 6.32. The molecule has 0 aliphatic carbocycles. The minimum atomic E-state index is -0.348. The Hall–Kier alpha value is -2.53. The molecular formula is C20H21ClN2O3. The lowest BCUT2D eigenvalue weighted by Gasteiger charge is -2.16. The fourth-order valence-corrected chi connectivity index (χ4v) is 3.32. The van der Waals surface area contributed by atoms with Gasteiger partial charge in [0.15, 0.2) is 0 Å². The SMILES string of the molecule is COc1ccc(NC(=O)C2CC(=O)N(CCc3ccccc3)C2)cc1Cl. The first-order valence-corrected chi connectivity index (χ1v) is 8.90. The molecule has 5 nitrogen and oxygen atoms in total. The van der Waals surface area contributed by atoms with Crippen LogP contribution in [-0.2, 0) is 16.0 Å². The lowest BCUT2D eigenvalue weighted by Crippen LogP contribution is -2.30. The van der Waals surface area contributed by atoms with Gasteiger partial charge in [-0.05, 0) is 30.2 Å². The maximum absolute atomic E-state index is 12.5. The van der Waals surface area contributed by atoms with Gasteiger partial charge in [0.05, 0.1) is 18.1 Å². The number of carbonyl (C=O) groups is 2. The van der Waals surface area contributed by atoms with Gasteiger partial charge in [-0.15, -0.1) is 0 Å². The number of methoxy groups -OCH3 is 1. The van der Waals surface area contributed by atoms with E-state index in [1.807, 2.05) is 30.3 Å². The number of benzene rings is 2. The maximum atomic E-state index is 12.5. The number of rotatable bonds is 6. The second-order valence-corrected chi connectivity index (χ2v) is 6.72. The van der Waals surface area contributed by atoms with E-state index >= 15 is 0 Å². The summed E-state index contributed by atoms with van der Waals surface area (Å²) < 4.78 is 5.10. The molecule has 2 aromatic carbocycles. The Morgan fingerprint density at radius 2 is 2.04 bits per heavy atom. The van der Waals surface area contributed by atoms with Crippen LogP contribution in [-0.4, -0.2) is 36.9 Å². The Labute approximate surface area is 157 Å². The normalized spacial score (nSPS) is 16.6. The van der Waals surface area contributed by atoms with E-state index in [0.29, 0.717) is 29.5 Å². The zero-order valence-corrected chi connectivity index (χ0v) is 15.3. The van der Waals surface area contributed by atoms with Crippen LogP contribution in [0.2, 0.25) is 5.02 Å². The zero-order chi connectivity index (χ0) is 18.5. The number of amides is 2. The van der Waals surface area contributed by atoms with Gasteiger partial charge in [0.25, 0.3) is 0 Å². The van der Waals surface area contributed by atoms with Gasteiger partial charge in [0, 0.05) is 25.2 Å². The molecular weight excluding hydrogens is 352 g/mol. The second kappa shape index (κ2) is 8.23. The summed E-state index contributed by atoms with van der Waals surface area (Å²) in [5, 5.41) is 3.26. The molecule has 1 aliphatic rings. The molecule has 3 rings (SSSR count). The van der Waals surface area contributed by atoms with Gasteiger partial charge in [0.1, 0.15) is 5.75 Å². The van der Waals surface area contributed by atoms with E-state index in [-0.39, 0.29) is 24.2 Å². The molecule has 136 valence electrons. The van der Waals surface area contributed by atoms with Gasteiger partial charge >= 0.3 is 0 Å². The number of hydrogen-bond donors (Lipinski definition) is 1. The minimum Gasteiger partial charge on any atom is -0.495 e. The average molecular weight is 373 g/mol. The van der Waals surface area contributed by atoms with E-state index in [1.54, 1.807) is 23.1 Å². The molecule has 0 aromatic heterocycles. The maximum Gasteiger partial charge on any atom is 0.229 e. The third-order valence-corrected chi connectivity index (χ3v) is 4.81. The highest BCUT2D eigenvalue weighted by atomic mass is 35.5. The number of hydrogen-bond acceptors (Lipinski definition) is 3. The number of nitrogens with zero attached hydrogens (tertiary/aromatic N) is 1. The third kappa shape index (κ3) is 4.35. The van der Waals surface area contributed by atoms with Gasteiger partial charge in [-0.2, -0.15) is 0 Å². The molecule has 1 fully saturated rings. The molecule has 2 amide bonds. The van der Waals surface area contributed by atoms with Crippen molar-refractivity contribution in [3.63, 3.8) is 0 Å². The van der Waals surface area contributed by atoms with Crippen molar-refractivity contribution < 1.29 is 14.3 Å². The first-order valence-electron chi connectivity index (χ1n) is 8.53. The highest BCUT2D eigenvalue weighted by Gasteiger charge is 2.34. The summed E-state index contributed by atoms with van der Waals surface area (Å²) in [6, 6.07) is 15.1. The van der Waals surface area contributed by atoms with Gasteiger partial charge in [0.2, 0.25) is 11.8 Å². The number of halogens is 1. The lowest BCUT2D eigenvalue weighted by molar-refractivity contribution is -0.128. The summed E-state index contributed by atoms with van der Waals surface area (Å²) in [6.07, 6.45) is 1.03. The zero-order valence-electron chi connectivity index (χ0n) is 14.6. The molecule has 1 unspecified atom stereocenters. The summed E-state index contributed by atoms with van der Waals surface area (Å²) in [7, 11) is 1.54. The summed E-state index contributed by atoms with van der Waals surface area (Å²) in [6.45, 7) is 1.07. The number of nitrogens with one attached hydrogen (secondary N) is 1. The summed E-state index contributed by atoms with van der Waals surface area (Å²) in [5.41, 5.74) is 1.78. The minimum absolute atomic E-state index is 0.0221. The molecule has 26 heavy (non-hydrogen) atoms. The molecule has 1 saturated heterocycles. The molecule has 0 bridgehead atoms. The van der Waals surface area contributed by atoms with Crippen molar-refractivity contribution in [2.45, 2.75) is 12.8 Å². The first-order chi connectivity index (χ1) is 12.6. The van der Waals surface area contributed by atoms with Crippen molar-refractivity contribution >= 4 is 29.1 Å². The predicted octanol–water partition coefficient (Wildman–Crippen LogP) is 3.38. The highest BCUT2D eigenvalue weighted by Crippen LogP contribution is 2.28. The Morgan fingerprint density at radius 3 is 2.73 bits per heavy atom. The molecule has 1 atom stereocenters. The Bertz CT molecular complexity index is 795. The van der Waals surface area contributed by atoms with E-state index in [4.69, 9.17) is 16.3 Å². The smallest absolute Gasteiger partial charge is 0.229 e. The Balaban J connectivity index is 1.55. The third-order valence-electron chi connectivity index (χ3n) is 4.52. The van der Waals surface area contributed by atoms with Crippen LogP contribution in [0.25, 0.3) is 0 Å². The van der Waals surface area contributed by atoms with Crippen molar-refractivity contribution in [2.24, 2.45) is 5.92 Å². The number of ether oxygens (including phenoxy) is 1. The van der Waals surface area contributed by atoms with Crippen molar-refractivity contribution in [3.8, 4) is 5.75 Å². The van der Waals surface area contributed by atoms with Crippen molar-refractivity contribution in [1.82, 2.24) is 4.90 Å². The van der Waals surface area contributed by atoms with E-state index in [1.165, 1.54) is 12.7 Å². The molecule has 6 heteroatoms. The second-order valence-electron chi connectivity index (χ2n) is 6.31. The van der Waals surface area contributed by atoms with Gasteiger partial charge in [-0.1, -0.05) is 41.9 Å². The van der Waals surface area contributed by atoms with Crippen LogP contribution in [0.15, 0.2) is 48.5 Å². The van der Waals surface area contributed by atoms with Crippen molar-refractivity contribution in [1.29, 1.82) is 0 Å². The van der Waals surface area contributed by atoms with Gasteiger partial charge in [-0.25, -0.2) is 0 Å². The topological polar surface area (TPSA) is 58.6 Å². The van der Waals surface area contributed by atoms with E-state index in [0.717, 1.165) is 6.42 Å². The summed E-state index contributed by atoms with van der Waals surface area (Å²) >= 11 is 6.08. The Morgan fingerprint density at radius 1 is 1.27 bits per heavy atom. The van der Waals surface area contributed by atoms with Gasteiger partial charge in [-0.3, -0.25) is 9.59 Å². The molecule has 0 radical (unpaired) electrons. The van der Waals surface area contributed by atoms with E-state index in [9.17, 15) is 9.59 Å². The molecule has 2 aromatic rings. The van der Waals surface area contributed by atoms with Crippen molar-refractivity contribution in [2.75, 3.05) is 25.5 Å². The average Bonchev–Trinajstić information content (AvgIpc) is 3.02. The van der Waals surface area contributed by atoms with Crippen LogP contribution in [0.3, 0.4) is 0 Å². The Kier molecular flexibility index (Phi) is 5.78. The first kappa shape index (κ1) is 18.3. The molecule has 1 aliphatic heterocycles. The largest absolute Gasteiger partial charge is 0.495 e. The van der Waals surface area contributed by atoms with Gasteiger partial charge < -0.3 is 15.0 Å². The molecule has 1 N–H and O–H groups in total. The van der Waals surface area contributed by atoms with Crippen LogP contribution in [0.5, 0.6) is 5.75 Å². The molecule has 0 saturated carbocycles. The number of anilines is 1. The quantitative estimate of drug-likeness (QED) is 0.845. The fourth-order valence-electron chi connectivity index (χ4n) is 3.06. The fraction of sp³-hybridized carbons (Fsp3) is 0.300. The van der Waals surface area contributed by atoms with E-state index < -0.39 is 0 Å². The van der Waals surface area contributed by atoms with Crippen LogP contribution < -0.4 is 10.1 Å². The summed E-state index contributed by atoms with van der Waals surface area (Å²) in [5.74, 6) is 0.0580. The monoisotopic (exact) mass is 372 g/mol. The standard InChI is InChI=1S/C20H21ClN2O3/c1-26-18-8-7-16(12-17(18)21)22-20(25)15-11-19(24)23(13-15)10-9-14-5-3-2-4-6-14/h2-8,12,15H,9-11,13H2,1H3,(H,22,25).